The Kier molecular flexibility index (Phi) is 6.46. The zero-order valence-electron chi connectivity index (χ0n) is 15.1. The summed E-state index contributed by atoms with van der Waals surface area (Å²) in [5.41, 5.74) is 6.86. The van der Waals surface area contributed by atoms with Crippen LogP contribution >= 0.6 is 0 Å². The van der Waals surface area contributed by atoms with Crippen LogP contribution in [0.4, 0.5) is 10.1 Å². The number of nitrogens with two attached hydrogens (primary N) is 1. The second-order valence-electron chi connectivity index (χ2n) is 6.15. The molecule has 0 fully saturated rings. The molecule has 2 aromatic carbocycles. The van der Waals surface area contributed by atoms with E-state index in [-0.39, 0.29) is 23.2 Å². The van der Waals surface area contributed by atoms with E-state index in [1.807, 2.05) is 13.8 Å². The molecule has 0 aliphatic carbocycles. The molecule has 0 aliphatic rings. The maximum Gasteiger partial charge on any atom is 0.241 e. The summed E-state index contributed by atoms with van der Waals surface area (Å²) in [4.78, 5) is 25.2. The Morgan fingerprint density at radius 1 is 1.19 bits per heavy atom. The summed E-state index contributed by atoms with van der Waals surface area (Å²) >= 11 is 0. The first-order valence-electron chi connectivity index (χ1n) is 8.42. The van der Waals surface area contributed by atoms with Crippen molar-refractivity contribution in [2.45, 2.75) is 26.3 Å². The van der Waals surface area contributed by atoms with Crippen LogP contribution in [0.25, 0.3) is 0 Å². The van der Waals surface area contributed by atoms with Gasteiger partial charge in [-0.05, 0) is 48.4 Å². The largest absolute Gasteiger partial charge is 0.497 e. The predicted octanol–water partition coefficient (Wildman–Crippen LogP) is 3.38. The number of halogens is 1. The highest BCUT2D eigenvalue weighted by Gasteiger charge is 2.22. The number of anilines is 1. The van der Waals surface area contributed by atoms with E-state index < -0.39 is 11.9 Å². The molecular formula is C20H23FN2O3. The number of hydrogen-bond donors (Lipinski definition) is 2. The first-order valence-corrected chi connectivity index (χ1v) is 8.42. The SMILES string of the molecule is CC[C@H](C)[C@H](N)C(=O)Nc1ccc(OC)cc1C(=O)c1ccc(F)cc1. The Labute approximate surface area is 152 Å². The van der Waals surface area contributed by atoms with Gasteiger partial charge in [-0.2, -0.15) is 0 Å². The molecule has 26 heavy (non-hydrogen) atoms. The van der Waals surface area contributed by atoms with E-state index in [1.165, 1.54) is 37.4 Å². The molecule has 0 heterocycles. The van der Waals surface area contributed by atoms with Gasteiger partial charge < -0.3 is 15.8 Å². The Balaban J connectivity index is 2.36. The number of rotatable bonds is 7. The van der Waals surface area contributed by atoms with Crippen molar-refractivity contribution in [2.75, 3.05) is 12.4 Å². The van der Waals surface area contributed by atoms with Gasteiger partial charge in [0.15, 0.2) is 5.78 Å². The van der Waals surface area contributed by atoms with Crippen molar-refractivity contribution in [1.82, 2.24) is 0 Å². The fraction of sp³-hybridized carbons (Fsp3) is 0.300. The predicted molar refractivity (Wildman–Crippen MR) is 98.9 cm³/mol. The molecule has 5 nitrogen and oxygen atoms in total. The number of ketones is 1. The number of amides is 1. The molecule has 0 aliphatic heterocycles. The fourth-order valence-corrected chi connectivity index (χ4v) is 2.43. The quantitative estimate of drug-likeness (QED) is 0.744. The highest BCUT2D eigenvalue weighted by Crippen LogP contribution is 2.25. The fourth-order valence-electron chi connectivity index (χ4n) is 2.43. The van der Waals surface area contributed by atoms with Gasteiger partial charge >= 0.3 is 0 Å². The van der Waals surface area contributed by atoms with E-state index in [9.17, 15) is 14.0 Å². The minimum atomic E-state index is -0.684. The summed E-state index contributed by atoms with van der Waals surface area (Å²) in [5.74, 6) is -0.668. The Hall–Kier alpha value is -2.73. The molecule has 1 amide bonds. The van der Waals surface area contributed by atoms with Crippen LogP contribution in [0, 0.1) is 11.7 Å². The summed E-state index contributed by atoms with van der Waals surface area (Å²) in [6.45, 7) is 3.84. The summed E-state index contributed by atoms with van der Waals surface area (Å²) in [5, 5.41) is 2.72. The molecule has 0 saturated heterocycles. The second kappa shape index (κ2) is 8.58. The molecule has 0 saturated carbocycles. The van der Waals surface area contributed by atoms with Crippen LogP contribution in [-0.4, -0.2) is 24.8 Å². The molecule has 0 aromatic heterocycles. The second-order valence-corrected chi connectivity index (χ2v) is 6.15. The maximum atomic E-state index is 13.1. The third-order valence-electron chi connectivity index (χ3n) is 4.40. The minimum absolute atomic E-state index is 0.00417. The third-order valence-corrected chi connectivity index (χ3v) is 4.40. The number of methoxy groups -OCH3 is 1. The zero-order chi connectivity index (χ0) is 19.3. The molecule has 0 bridgehead atoms. The average molecular weight is 358 g/mol. The highest BCUT2D eigenvalue weighted by molar-refractivity contribution is 6.14. The lowest BCUT2D eigenvalue weighted by atomic mass is 9.98. The van der Waals surface area contributed by atoms with Crippen molar-refractivity contribution in [1.29, 1.82) is 0 Å². The molecule has 0 radical (unpaired) electrons. The lowest BCUT2D eigenvalue weighted by Gasteiger charge is -2.19. The molecule has 0 unspecified atom stereocenters. The molecule has 0 spiro atoms. The molecular weight excluding hydrogens is 335 g/mol. The van der Waals surface area contributed by atoms with Gasteiger partial charge in [0.1, 0.15) is 11.6 Å². The van der Waals surface area contributed by atoms with Crippen LogP contribution < -0.4 is 15.8 Å². The van der Waals surface area contributed by atoms with E-state index in [0.29, 0.717) is 17.0 Å². The molecule has 3 N–H and O–H groups in total. The number of benzene rings is 2. The first-order chi connectivity index (χ1) is 12.4. The van der Waals surface area contributed by atoms with Crippen molar-refractivity contribution >= 4 is 17.4 Å². The summed E-state index contributed by atoms with van der Waals surface area (Å²) < 4.78 is 18.3. The van der Waals surface area contributed by atoms with Crippen LogP contribution in [0.5, 0.6) is 5.75 Å². The van der Waals surface area contributed by atoms with E-state index in [0.717, 1.165) is 6.42 Å². The number of carbonyl (C=O) groups excluding carboxylic acids is 2. The normalized spacial score (nSPS) is 13.0. The van der Waals surface area contributed by atoms with Crippen molar-refractivity contribution in [3.05, 3.63) is 59.4 Å². The Bertz CT molecular complexity index is 790. The van der Waals surface area contributed by atoms with Crippen molar-refractivity contribution in [3.8, 4) is 5.75 Å². The lowest BCUT2D eigenvalue weighted by Crippen LogP contribution is -2.40. The van der Waals surface area contributed by atoms with Gasteiger partial charge in [-0.3, -0.25) is 9.59 Å². The molecule has 2 aromatic rings. The minimum Gasteiger partial charge on any atom is -0.497 e. The van der Waals surface area contributed by atoms with Gasteiger partial charge in [0, 0.05) is 11.1 Å². The number of carbonyl (C=O) groups is 2. The van der Waals surface area contributed by atoms with Crippen LogP contribution in [-0.2, 0) is 4.79 Å². The molecule has 6 heteroatoms. The first kappa shape index (κ1) is 19.6. The van der Waals surface area contributed by atoms with Crippen molar-refractivity contribution < 1.29 is 18.7 Å². The summed E-state index contributed by atoms with van der Waals surface area (Å²) in [6, 6.07) is 9.31. The van der Waals surface area contributed by atoms with Gasteiger partial charge in [-0.1, -0.05) is 20.3 Å². The number of nitrogens with one attached hydrogen (secondary N) is 1. The van der Waals surface area contributed by atoms with Crippen molar-refractivity contribution in [3.63, 3.8) is 0 Å². The Morgan fingerprint density at radius 3 is 2.42 bits per heavy atom. The Morgan fingerprint density at radius 2 is 1.85 bits per heavy atom. The van der Waals surface area contributed by atoms with E-state index >= 15 is 0 Å². The van der Waals surface area contributed by atoms with E-state index in [2.05, 4.69) is 5.32 Å². The molecule has 2 rings (SSSR count). The van der Waals surface area contributed by atoms with Crippen LogP contribution in [0.2, 0.25) is 0 Å². The molecule has 138 valence electrons. The van der Waals surface area contributed by atoms with Gasteiger partial charge in [0.25, 0.3) is 0 Å². The highest BCUT2D eigenvalue weighted by atomic mass is 19.1. The van der Waals surface area contributed by atoms with Gasteiger partial charge in [0.05, 0.1) is 18.8 Å². The smallest absolute Gasteiger partial charge is 0.241 e. The van der Waals surface area contributed by atoms with Gasteiger partial charge in [0.2, 0.25) is 5.91 Å². The number of hydrogen-bond acceptors (Lipinski definition) is 4. The zero-order valence-corrected chi connectivity index (χ0v) is 15.1. The molecule has 2 atom stereocenters. The lowest BCUT2D eigenvalue weighted by molar-refractivity contribution is -0.118. The van der Waals surface area contributed by atoms with E-state index in [1.54, 1.807) is 12.1 Å². The average Bonchev–Trinajstić information content (AvgIpc) is 2.67. The van der Waals surface area contributed by atoms with E-state index in [4.69, 9.17) is 10.5 Å². The van der Waals surface area contributed by atoms with Crippen LogP contribution in [0.3, 0.4) is 0 Å². The standard InChI is InChI=1S/C20H23FN2O3/c1-4-12(2)18(22)20(25)23-17-10-9-15(26-3)11-16(17)19(24)13-5-7-14(21)8-6-13/h5-12,18H,4,22H2,1-3H3,(H,23,25)/t12-,18-/m0/s1. The third kappa shape index (κ3) is 4.46. The van der Waals surface area contributed by atoms with Gasteiger partial charge in [-0.15, -0.1) is 0 Å². The summed E-state index contributed by atoms with van der Waals surface area (Å²) in [6.07, 6.45) is 0.762. The van der Waals surface area contributed by atoms with Crippen molar-refractivity contribution in [2.24, 2.45) is 11.7 Å². The summed E-state index contributed by atoms with van der Waals surface area (Å²) in [7, 11) is 1.48. The van der Waals surface area contributed by atoms with Crippen LogP contribution in [0.15, 0.2) is 42.5 Å². The monoisotopic (exact) mass is 358 g/mol. The maximum absolute atomic E-state index is 13.1. The topological polar surface area (TPSA) is 81.4 Å². The van der Waals surface area contributed by atoms with Crippen LogP contribution in [0.1, 0.15) is 36.2 Å². The van der Waals surface area contributed by atoms with Gasteiger partial charge in [-0.25, -0.2) is 4.39 Å². The number of ether oxygens (including phenoxy) is 1.